The number of primary amides is 1. The smallest absolute Gasteiger partial charge is 0.221 e. The molecule has 1 aliphatic heterocycles. The van der Waals surface area contributed by atoms with E-state index in [-0.39, 0.29) is 17.7 Å². The minimum atomic E-state index is -0.960. The van der Waals surface area contributed by atoms with Crippen molar-refractivity contribution in [3.05, 3.63) is 24.3 Å². The number of aliphatic hydroxyl groups is 2. The van der Waals surface area contributed by atoms with Gasteiger partial charge >= 0.3 is 0 Å². The maximum absolute atomic E-state index is 12.1. The fourth-order valence-electron chi connectivity index (χ4n) is 5.01. The van der Waals surface area contributed by atoms with Crippen LogP contribution < -0.4 is 10.5 Å². The Kier molecular flexibility index (Phi) is 6.55. The third-order valence-corrected chi connectivity index (χ3v) is 8.08. The molecule has 0 spiro atoms. The van der Waals surface area contributed by atoms with Crippen molar-refractivity contribution in [3.8, 4) is 5.75 Å². The van der Waals surface area contributed by atoms with Gasteiger partial charge < -0.3 is 25.6 Å². The lowest BCUT2D eigenvalue weighted by atomic mass is 9.79. The maximum Gasteiger partial charge on any atom is 0.221 e. The van der Waals surface area contributed by atoms with Gasteiger partial charge in [0.2, 0.25) is 5.91 Å². The van der Waals surface area contributed by atoms with Crippen LogP contribution in [0.3, 0.4) is 0 Å². The van der Waals surface area contributed by atoms with Gasteiger partial charge in [0.1, 0.15) is 11.9 Å². The first-order valence-corrected chi connectivity index (χ1v) is 11.7. The second-order valence-corrected chi connectivity index (χ2v) is 9.77. The third-order valence-electron chi connectivity index (χ3n) is 6.66. The van der Waals surface area contributed by atoms with Crippen molar-refractivity contribution >= 4 is 28.5 Å². The summed E-state index contributed by atoms with van der Waals surface area (Å²) in [6.45, 7) is 0.776. The highest BCUT2D eigenvalue weighted by atomic mass is 32.2. The van der Waals surface area contributed by atoms with Crippen molar-refractivity contribution < 1.29 is 19.7 Å². The molecule has 3 fully saturated rings. The Morgan fingerprint density at radius 3 is 2.57 bits per heavy atom. The number of carbonyl (C=O) groups excluding carboxylic acids is 1. The summed E-state index contributed by atoms with van der Waals surface area (Å²) in [7, 11) is 1.63. The van der Waals surface area contributed by atoms with Gasteiger partial charge in [0.25, 0.3) is 0 Å². The first-order valence-electron chi connectivity index (χ1n) is 10.8. The van der Waals surface area contributed by atoms with Crippen LogP contribution in [0.15, 0.2) is 29.3 Å². The number of nitrogens with zero attached hydrogens (tertiary/aromatic N) is 2. The summed E-state index contributed by atoms with van der Waals surface area (Å²) in [4.78, 5) is 19.1. The van der Waals surface area contributed by atoms with Crippen LogP contribution in [0.5, 0.6) is 5.75 Å². The van der Waals surface area contributed by atoms with Crippen molar-refractivity contribution in [2.24, 2.45) is 22.6 Å². The lowest BCUT2D eigenvalue weighted by molar-refractivity contribution is -0.128. The molecule has 5 atom stereocenters. The predicted molar refractivity (Wildman–Crippen MR) is 118 cm³/mol. The SMILES string of the molecule is COc1ccc(N=C2S[C@H]3[C@H]([C@@H](O)[C@H](O)C[C@@H]3C(N)=O)N2CC2CCCCC2)cc1. The molecule has 1 heterocycles. The Hall–Kier alpha value is -1.77. The Balaban J connectivity index is 1.67. The highest BCUT2D eigenvalue weighted by molar-refractivity contribution is 8.14. The van der Waals surface area contributed by atoms with E-state index in [9.17, 15) is 15.0 Å². The summed E-state index contributed by atoms with van der Waals surface area (Å²) in [6.07, 6.45) is 4.34. The van der Waals surface area contributed by atoms with E-state index >= 15 is 0 Å². The van der Waals surface area contributed by atoms with Gasteiger partial charge in [-0.15, -0.1) is 0 Å². The number of nitrogens with two attached hydrogens (primary N) is 1. The van der Waals surface area contributed by atoms with E-state index in [1.54, 1.807) is 7.11 Å². The molecule has 8 heteroatoms. The zero-order chi connectivity index (χ0) is 21.3. The van der Waals surface area contributed by atoms with Gasteiger partial charge in [0, 0.05) is 11.8 Å². The van der Waals surface area contributed by atoms with Crippen LogP contribution in [0, 0.1) is 11.8 Å². The molecule has 7 nitrogen and oxygen atoms in total. The second-order valence-electron chi connectivity index (χ2n) is 8.62. The van der Waals surface area contributed by atoms with Gasteiger partial charge in [0.05, 0.1) is 30.9 Å². The molecule has 0 aromatic heterocycles. The van der Waals surface area contributed by atoms with Crippen LogP contribution in [0.2, 0.25) is 0 Å². The summed E-state index contributed by atoms with van der Waals surface area (Å²) in [5.41, 5.74) is 6.46. The third kappa shape index (κ3) is 4.31. The van der Waals surface area contributed by atoms with Crippen molar-refractivity contribution in [3.63, 3.8) is 0 Å². The van der Waals surface area contributed by atoms with E-state index in [1.165, 1.54) is 31.0 Å². The largest absolute Gasteiger partial charge is 0.497 e. The zero-order valence-electron chi connectivity index (χ0n) is 17.3. The van der Waals surface area contributed by atoms with Gasteiger partial charge in [-0.1, -0.05) is 31.0 Å². The molecule has 164 valence electrons. The molecule has 0 unspecified atom stereocenters. The molecule has 30 heavy (non-hydrogen) atoms. The number of benzene rings is 1. The lowest BCUT2D eigenvalue weighted by Gasteiger charge is -2.42. The quantitative estimate of drug-likeness (QED) is 0.657. The fraction of sp³-hybridized carbons (Fsp3) is 0.636. The number of aliphatic imine (C=N–C) groups is 1. The molecule has 2 saturated carbocycles. The summed E-state index contributed by atoms with van der Waals surface area (Å²) in [5.74, 6) is 0.373. The molecule has 0 radical (unpaired) electrons. The Morgan fingerprint density at radius 1 is 1.23 bits per heavy atom. The first-order chi connectivity index (χ1) is 14.5. The average molecular weight is 434 g/mol. The highest BCUT2D eigenvalue weighted by Crippen LogP contribution is 2.45. The molecule has 2 aliphatic carbocycles. The van der Waals surface area contributed by atoms with Crippen LogP contribution in [0.4, 0.5) is 5.69 Å². The number of aliphatic hydroxyl groups excluding tert-OH is 2. The van der Waals surface area contributed by atoms with Gasteiger partial charge in [-0.25, -0.2) is 4.99 Å². The van der Waals surface area contributed by atoms with Crippen LogP contribution in [-0.4, -0.2) is 63.3 Å². The zero-order valence-corrected chi connectivity index (χ0v) is 18.1. The van der Waals surface area contributed by atoms with Crippen LogP contribution in [-0.2, 0) is 4.79 Å². The number of hydrogen-bond acceptors (Lipinski definition) is 6. The standard InChI is InChI=1S/C22H31N3O4S/c1-29-15-9-7-14(8-10-15)24-22-25(12-13-5-3-2-4-6-13)18-19(27)17(26)11-16(21(23)28)20(18)30-22/h7-10,13,16-20,26-27H,2-6,11-12H2,1H3,(H2,23,28)/t16-,17+,18-,19-,20+/m0/s1. The van der Waals surface area contributed by atoms with Crippen LogP contribution in [0.25, 0.3) is 0 Å². The number of rotatable bonds is 5. The number of amidine groups is 1. The number of methoxy groups -OCH3 is 1. The van der Waals surface area contributed by atoms with Gasteiger partial charge in [-0.3, -0.25) is 4.79 Å². The fourth-order valence-corrected chi connectivity index (χ4v) is 6.60. The topological polar surface area (TPSA) is 108 Å². The van der Waals surface area contributed by atoms with Crippen molar-refractivity contribution in [1.29, 1.82) is 0 Å². The van der Waals surface area contributed by atoms with E-state index < -0.39 is 24.0 Å². The monoisotopic (exact) mass is 433 g/mol. The molecule has 4 rings (SSSR count). The lowest BCUT2D eigenvalue weighted by Crippen LogP contribution is -2.59. The van der Waals surface area contributed by atoms with Gasteiger partial charge in [-0.2, -0.15) is 0 Å². The number of fused-ring (bicyclic) bond motifs is 1. The molecule has 1 aromatic rings. The van der Waals surface area contributed by atoms with Crippen molar-refractivity contribution in [2.75, 3.05) is 13.7 Å². The van der Waals surface area contributed by atoms with E-state index in [1.807, 2.05) is 24.3 Å². The van der Waals surface area contributed by atoms with Crippen molar-refractivity contribution in [2.45, 2.75) is 62.0 Å². The normalized spacial score (nSPS) is 33.5. The van der Waals surface area contributed by atoms with E-state index in [4.69, 9.17) is 15.5 Å². The minimum Gasteiger partial charge on any atom is -0.497 e. The molecule has 3 aliphatic rings. The predicted octanol–water partition coefficient (Wildman–Crippen LogP) is 2.28. The van der Waals surface area contributed by atoms with Crippen LogP contribution >= 0.6 is 11.8 Å². The molecular weight excluding hydrogens is 402 g/mol. The summed E-state index contributed by atoms with van der Waals surface area (Å²) in [6, 6.07) is 7.15. The van der Waals surface area contributed by atoms with E-state index in [0.29, 0.717) is 5.92 Å². The number of amides is 1. The van der Waals surface area contributed by atoms with Crippen LogP contribution in [0.1, 0.15) is 38.5 Å². The maximum atomic E-state index is 12.1. The summed E-state index contributed by atoms with van der Waals surface area (Å²) < 4.78 is 5.23. The molecular formula is C22H31N3O4S. The van der Waals surface area contributed by atoms with E-state index in [0.717, 1.165) is 36.0 Å². The van der Waals surface area contributed by atoms with Crippen molar-refractivity contribution in [1.82, 2.24) is 4.90 Å². The minimum absolute atomic E-state index is 0.192. The molecule has 1 amide bonds. The van der Waals surface area contributed by atoms with Gasteiger partial charge in [-0.05, 0) is 49.4 Å². The second kappa shape index (κ2) is 9.16. The Labute approximate surface area is 181 Å². The summed E-state index contributed by atoms with van der Waals surface area (Å²) >= 11 is 1.51. The molecule has 0 bridgehead atoms. The number of hydrogen-bond donors (Lipinski definition) is 3. The molecule has 1 aromatic carbocycles. The number of carbonyl (C=O) groups is 1. The first kappa shape index (κ1) is 21.5. The summed E-state index contributed by atoms with van der Waals surface area (Å²) in [5, 5.41) is 21.9. The van der Waals surface area contributed by atoms with Gasteiger partial charge in [0.15, 0.2) is 5.17 Å². The highest BCUT2D eigenvalue weighted by Gasteiger charge is 2.54. The molecule has 4 N–H and O–H groups in total. The Morgan fingerprint density at radius 2 is 1.93 bits per heavy atom. The number of thioether (sulfide) groups is 1. The number of ether oxygens (including phenoxy) is 1. The van der Waals surface area contributed by atoms with E-state index in [2.05, 4.69) is 4.90 Å². The Bertz CT molecular complexity index is 781. The average Bonchev–Trinajstić information content (AvgIpc) is 3.09. The molecule has 1 saturated heterocycles.